The second-order valence-corrected chi connectivity index (χ2v) is 9.47. The van der Waals surface area contributed by atoms with Gasteiger partial charge in [-0.3, -0.25) is 14.5 Å². The molecule has 0 saturated carbocycles. The highest BCUT2D eigenvalue weighted by atomic mass is 32.1. The summed E-state index contributed by atoms with van der Waals surface area (Å²) >= 11 is 1.55. The lowest BCUT2D eigenvalue weighted by Crippen LogP contribution is -2.43. The van der Waals surface area contributed by atoms with Crippen molar-refractivity contribution < 1.29 is 14.7 Å². The molecule has 0 spiro atoms. The van der Waals surface area contributed by atoms with E-state index in [9.17, 15) is 14.7 Å². The predicted octanol–water partition coefficient (Wildman–Crippen LogP) is 2.42. The maximum atomic E-state index is 12.6. The van der Waals surface area contributed by atoms with Crippen LogP contribution in [0, 0.1) is 5.92 Å². The molecule has 1 aromatic carbocycles. The lowest BCUT2D eigenvalue weighted by molar-refractivity contribution is -0.145. The molecule has 1 unspecified atom stereocenters. The van der Waals surface area contributed by atoms with Crippen molar-refractivity contribution in [2.75, 3.05) is 46.3 Å². The molecule has 1 amide bonds. The van der Waals surface area contributed by atoms with Crippen LogP contribution in [0.1, 0.15) is 24.1 Å². The van der Waals surface area contributed by atoms with Crippen molar-refractivity contribution in [3.05, 3.63) is 40.9 Å². The Morgan fingerprint density at radius 1 is 1.13 bits per heavy atom. The van der Waals surface area contributed by atoms with Crippen LogP contribution < -0.4 is 0 Å². The largest absolute Gasteiger partial charge is 0.481 e. The summed E-state index contributed by atoms with van der Waals surface area (Å²) in [6.45, 7) is 6.35. The third-order valence-corrected chi connectivity index (χ3v) is 7.15. The van der Waals surface area contributed by atoms with Crippen LogP contribution in [0.5, 0.6) is 0 Å². The van der Waals surface area contributed by atoms with Crippen molar-refractivity contribution in [3.8, 4) is 10.6 Å². The van der Waals surface area contributed by atoms with E-state index in [0.29, 0.717) is 19.5 Å². The zero-order valence-corrected chi connectivity index (χ0v) is 18.8. The average Bonchev–Trinajstić information content (AvgIpc) is 3.24. The van der Waals surface area contributed by atoms with E-state index in [4.69, 9.17) is 0 Å². The number of carbonyl (C=O) groups excluding carboxylic acids is 1. The van der Waals surface area contributed by atoms with Gasteiger partial charge in [0.1, 0.15) is 5.01 Å². The van der Waals surface area contributed by atoms with Crippen LogP contribution >= 0.6 is 11.3 Å². The number of carboxylic acids is 1. The van der Waals surface area contributed by atoms with Crippen LogP contribution in [0.15, 0.2) is 29.6 Å². The molecule has 0 aliphatic carbocycles. The van der Waals surface area contributed by atoms with Crippen molar-refractivity contribution in [3.63, 3.8) is 0 Å². The van der Waals surface area contributed by atoms with E-state index in [1.54, 1.807) is 16.2 Å². The normalized spacial score (nSPS) is 20.7. The number of hydrogen-bond donors (Lipinski definition) is 1. The summed E-state index contributed by atoms with van der Waals surface area (Å²) in [6, 6.07) is 8.55. The van der Waals surface area contributed by atoms with Gasteiger partial charge in [0.2, 0.25) is 5.91 Å². The molecule has 31 heavy (non-hydrogen) atoms. The van der Waals surface area contributed by atoms with Crippen molar-refractivity contribution in [2.24, 2.45) is 5.92 Å². The van der Waals surface area contributed by atoms with Gasteiger partial charge >= 0.3 is 5.97 Å². The fourth-order valence-corrected chi connectivity index (χ4v) is 5.04. The number of aliphatic carboxylic acids is 1. The maximum absolute atomic E-state index is 12.6. The monoisotopic (exact) mass is 442 g/mol. The van der Waals surface area contributed by atoms with Gasteiger partial charge < -0.3 is 14.9 Å². The Morgan fingerprint density at radius 2 is 1.87 bits per heavy atom. The number of piperazine rings is 1. The van der Waals surface area contributed by atoms with E-state index in [2.05, 4.69) is 46.1 Å². The lowest BCUT2D eigenvalue weighted by Gasteiger charge is -2.32. The molecule has 8 heteroatoms. The molecule has 4 rings (SSSR count). The number of piperidine rings is 1. The van der Waals surface area contributed by atoms with Crippen LogP contribution in [-0.2, 0) is 22.6 Å². The van der Waals surface area contributed by atoms with Gasteiger partial charge in [0, 0.05) is 56.8 Å². The fourth-order valence-electron chi connectivity index (χ4n) is 4.21. The number of aromatic nitrogens is 1. The number of carbonyl (C=O) groups is 2. The Kier molecular flexibility index (Phi) is 6.99. The Bertz CT molecular complexity index is 906. The third-order valence-electron chi connectivity index (χ3n) is 6.21. The summed E-state index contributed by atoms with van der Waals surface area (Å²) in [6.07, 6.45) is 1.61. The molecule has 2 aromatic rings. The summed E-state index contributed by atoms with van der Waals surface area (Å²) in [5, 5.41) is 12.1. The Morgan fingerprint density at radius 3 is 2.58 bits per heavy atom. The Hall–Kier alpha value is -2.29. The second kappa shape index (κ2) is 9.89. The minimum atomic E-state index is -0.815. The first-order valence-corrected chi connectivity index (χ1v) is 11.8. The molecule has 1 aromatic heterocycles. The number of rotatable bonds is 6. The number of thiazole rings is 1. The van der Waals surface area contributed by atoms with Gasteiger partial charge in [0.25, 0.3) is 0 Å². The van der Waals surface area contributed by atoms with E-state index in [0.717, 1.165) is 55.4 Å². The van der Waals surface area contributed by atoms with E-state index < -0.39 is 11.9 Å². The van der Waals surface area contributed by atoms with Crippen LogP contribution in [0.2, 0.25) is 0 Å². The first kappa shape index (κ1) is 21.9. The topological polar surface area (TPSA) is 77.0 Å². The van der Waals surface area contributed by atoms with Crippen LogP contribution in [-0.4, -0.2) is 83.0 Å². The number of carboxylic acid groups (broad SMARTS) is 1. The van der Waals surface area contributed by atoms with E-state index in [1.165, 1.54) is 5.56 Å². The van der Waals surface area contributed by atoms with Gasteiger partial charge in [-0.15, -0.1) is 11.3 Å². The smallest absolute Gasteiger partial charge is 0.308 e. The van der Waals surface area contributed by atoms with E-state index in [-0.39, 0.29) is 12.3 Å². The maximum Gasteiger partial charge on any atom is 0.308 e. The molecular weight excluding hydrogens is 412 g/mol. The molecule has 7 nitrogen and oxygen atoms in total. The quantitative estimate of drug-likeness (QED) is 0.741. The highest BCUT2D eigenvalue weighted by molar-refractivity contribution is 7.13. The molecule has 0 bridgehead atoms. The minimum absolute atomic E-state index is 0.0367. The van der Waals surface area contributed by atoms with Crippen LogP contribution in [0.3, 0.4) is 0 Å². The van der Waals surface area contributed by atoms with E-state index >= 15 is 0 Å². The van der Waals surface area contributed by atoms with Gasteiger partial charge in [-0.25, -0.2) is 4.98 Å². The van der Waals surface area contributed by atoms with Gasteiger partial charge in [-0.05, 0) is 25.5 Å². The Balaban J connectivity index is 1.33. The van der Waals surface area contributed by atoms with Crippen molar-refractivity contribution in [2.45, 2.75) is 25.8 Å². The summed E-state index contributed by atoms with van der Waals surface area (Å²) in [7, 11) is 2.17. The number of nitrogens with zero attached hydrogens (tertiary/aromatic N) is 4. The van der Waals surface area contributed by atoms with Gasteiger partial charge in [0.15, 0.2) is 0 Å². The molecule has 0 radical (unpaired) electrons. The van der Waals surface area contributed by atoms with Crippen molar-refractivity contribution >= 4 is 23.2 Å². The summed E-state index contributed by atoms with van der Waals surface area (Å²) in [4.78, 5) is 35.0. The molecule has 2 fully saturated rings. The first-order valence-electron chi connectivity index (χ1n) is 10.9. The molecule has 1 N–H and O–H groups in total. The highest BCUT2D eigenvalue weighted by Crippen LogP contribution is 2.25. The standard InChI is InChI=1S/C23H30N4O3S/c1-25-9-11-26(12-10-25)14-17-4-6-18(7-5-17)22-24-20(16-31-22)13-21(28)27-8-2-3-19(15-27)23(29)30/h4-7,16,19H,2-3,8-15H2,1H3,(H,29,30). The van der Waals surface area contributed by atoms with Gasteiger partial charge in [-0.1, -0.05) is 24.3 Å². The second-order valence-electron chi connectivity index (χ2n) is 8.61. The number of likely N-dealkylation sites (tertiary alicyclic amines) is 1. The third kappa shape index (κ3) is 5.70. The molecule has 2 aliphatic heterocycles. The molecule has 2 aliphatic rings. The van der Waals surface area contributed by atoms with Crippen LogP contribution in [0.4, 0.5) is 0 Å². The predicted molar refractivity (Wildman–Crippen MR) is 121 cm³/mol. The van der Waals surface area contributed by atoms with Crippen LogP contribution in [0.25, 0.3) is 10.6 Å². The van der Waals surface area contributed by atoms with Gasteiger partial charge in [-0.2, -0.15) is 0 Å². The minimum Gasteiger partial charge on any atom is -0.481 e. The highest BCUT2D eigenvalue weighted by Gasteiger charge is 2.28. The summed E-state index contributed by atoms with van der Waals surface area (Å²) < 4.78 is 0. The molecule has 3 heterocycles. The summed E-state index contributed by atoms with van der Waals surface area (Å²) in [5.41, 5.74) is 3.12. The molecule has 2 saturated heterocycles. The lowest BCUT2D eigenvalue weighted by atomic mass is 9.98. The van der Waals surface area contributed by atoms with Gasteiger partial charge in [0.05, 0.1) is 18.0 Å². The van der Waals surface area contributed by atoms with Crippen molar-refractivity contribution in [1.82, 2.24) is 19.7 Å². The number of hydrogen-bond acceptors (Lipinski definition) is 6. The SMILES string of the molecule is CN1CCN(Cc2ccc(-c3nc(CC(=O)N4CCCC(C(=O)O)C4)cs3)cc2)CC1. The van der Waals surface area contributed by atoms with Crippen molar-refractivity contribution in [1.29, 1.82) is 0 Å². The first-order chi connectivity index (χ1) is 15.0. The molecule has 166 valence electrons. The Labute approximate surface area is 187 Å². The fraction of sp³-hybridized carbons (Fsp3) is 0.522. The number of likely N-dealkylation sites (N-methyl/N-ethyl adjacent to an activating group) is 1. The molecule has 1 atom stereocenters. The van der Waals surface area contributed by atoms with E-state index in [1.807, 2.05) is 5.38 Å². The number of benzene rings is 1. The average molecular weight is 443 g/mol. The zero-order valence-electron chi connectivity index (χ0n) is 18.0. The summed E-state index contributed by atoms with van der Waals surface area (Å²) in [5.74, 6) is -1.30. The molecular formula is C23H30N4O3S. The zero-order chi connectivity index (χ0) is 21.8. The number of amides is 1.